The Morgan fingerprint density at radius 3 is 2.16 bits per heavy atom. The van der Waals surface area contributed by atoms with Crippen molar-refractivity contribution in [3.8, 4) is 0 Å². The summed E-state index contributed by atoms with van der Waals surface area (Å²) in [5, 5.41) is 0. The van der Waals surface area contributed by atoms with E-state index in [0.29, 0.717) is 5.56 Å². The van der Waals surface area contributed by atoms with Crippen molar-refractivity contribution in [2.24, 2.45) is 5.73 Å². The second-order valence-electron chi connectivity index (χ2n) is 4.53. The first kappa shape index (κ1) is 16.0. The summed E-state index contributed by atoms with van der Waals surface area (Å²) in [7, 11) is 0. The lowest BCUT2D eigenvalue weighted by atomic mass is 10.0. The van der Waals surface area contributed by atoms with Crippen molar-refractivity contribution in [2.45, 2.75) is 32.7 Å². The fourth-order valence-corrected chi connectivity index (χ4v) is 2.16. The fraction of sp³-hybridized carbons (Fsp3) is 0.571. The minimum Gasteiger partial charge on any atom is -0.329 e. The third-order valence-electron chi connectivity index (χ3n) is 3.26. The Balaban J connectivity index is 3.01. The molecule has 5 heteroatoms. The van der Waals surface area contributed by atoms with Gasteiger partial charge in [-0.15, -0.1) is 0 Å². The second-order valence-corrected chi connectivity index (χ2v) is 4.53. The molecule has 1 unspecified atom stereocenters. The molecule has 0 radical (unpaired) electrons. The predicted octanol–water partition coefficient (Wildman–Crippen LogP) is 3.23. The first-order valence-corrected chi connectivity index (χ1v) is 6.63. The SMILES string of the molecule is CCCCN(CC)C(CN)c1cc(F)c(F)c(F)c1. The Morgan fingerprint density at radius 2 is 1.74 bits per heavy atom. The average Bonchev–Trinajstić information content (AvgIpc) is 2.40. The zero-order chi connectivity index (χ0) is 14.4. The molecule has 0 heterocycles. The fourth-order valence-electron chi connectivity index (χ4n) is 2.16. The van der Waals surface area contributed by atoms with Gasteiger partial charge in [-0.2, -0.15) is 0 Å². The molecular formula is C14H21F3N2. The number of nitrogens with two attached hydrogens (primary N) is 1. The van der Waals surface area contributed by atoms with Crippen molar-refractivity contribution in [1.82, 2.24) is 4.90 Å². The lowest BCUT2D eigenvalue weighted by Crippen LogP contribution is -2.34. The molecule has 1 aromatic carbocycles. The average molecular weight is 274 g/mol. The van der Waals surface area contributed by atoms with Crippen LogP contribution in [0.1, 0.15) is 38.3 Å². The molecular weight excluding hydrogens is 253 g/mol. The van der Waals surface area contributed by atoms with Crippen LogP contribution < -0.4 is 5.73 Å². The molecule has 0 amide bonds. The van der Waals surface area contributed by atoms with Gasteiger partial charge >= 0.3 is 0 Å². The molecule has 0 aliphatic carbocycles. The van der Waals surface area contributed by atoms with Gasteiger partial charge in [-0.25, -0.2) is 13.2 Å². The molecule has 0 spiro atoms. The van der Waals surface area contributed by atoms with Crippen molar-refractivity contribution >= 4 is 0 Å². The first-order chi connectivity index (χ1) is 9.04. The predicted molar refractivity (Wildman–Crippen MR) is 70.3 cm³/mol. The van der Waals surface area contributed by atoms with Crippen LogP contribution in [0.5, 0.6) is 0 Å². The van der Waals surface area contributed by atoms with Gasteiger partial charge < -0.3 is 5.73 Å². The summed E-state index contributed by atoms with van der Waals surface area (Å²) in [6, 6.07) is 1.77. The van der Waals surface area contributed by atoms with Crippen molar-refractivity contribution in [3.05, 3.63) is 35.1 Å². The van der Waals surface area contributed by atoms with E-state index in [1.54, 1.807) is 0 Å². The van der Waals surface area contributed by atoms with Crippen LogP contribution in [-0.4, -0.2) is 24.5 Å². The highest BCUT2D eigenvalue weighted by atomic mass is 19.2. The topological polar surface area (TPSA) is 29.3 Å². The zero-order valence-corrected chi connectivity index (χ0v) is 11.4. The normalized spacial score (nSPS) is 13.0. The van der Waals surface area contributed by atoms with E-state index in [0.717, 1.165) is 38.1 Å². The number of rotatable bonds is 7. The van der Waals surface area contributed by atoms with Crippen LogP contribution >= 0.6 is 0 Å². The molecule has 0 saturated heterocycles. The molecule has 2 N–H and O–H groups in total. The summed E-state index contributed by atoms with van der Waals surface area (Å²) in [6.45, 7) is 5.80. The molecule has 2 nitrogen and oxygen atoms in total. The van der Waals surface area contributed by atoms with Gasteiger partial charge in [0, 0.05) is 12.6 Å². The number of halogens is 3. The standard InChI is InChI=1S/C14H21F3N2/c1-3-5-6-19(4-2)13(9-18)10-7-11(15)14(17)12(16)8-10/h7-8,13H,3-6,9,18H2,1-2H3. The molecule has 1 aromatic rings. The van der Waals surface area contributed by atoms with Gasteiger partial charge in [0.25, 0.3) is 0 Å². The van der Waals surface area contributed by atoms with E-state index < -0.39 is 17.5 Å². The van der Waals surface area contributed by atoms with Crippen LogP contribution in [0.2, 0.25) is 0 Å². The van der Waals surface area contributed by atoms with Crippen LogP contribution in [0.15, 0.2) is 12.1 Å². The number of nitrogens with zero attached hydrogens (tertiary/aromatic N) is 1. The van der Waals surface area contributed by atoms with Crippen molar-refractivity contribution in [1.29, 1.82) is 0 Å². The van der Waals surface area contributed by atoms with E-state index in [1.807, 2.05) is 6.92 Å². The van der Waals surface area contributed by atoms with E-state index in [-0.39, 0.29) is 12.6 Å². The van der Waals surface area contributed by atoms with Crippen LogP contribution in [-0.2, 0) is 0 Å². The lowest BCUT2D eigenvalue weighted by molar-refractivity contribution is 0.208. The van der Waals surface area contributed by atoms with E-state index >= 15 is 0 Å². The van der Waals surface area contributed by atoms with Crippen molar-refractivity contribution in [2.75, 3.05) is 19.6 Å². The van der Waals surface area contributed by atoms with Gasteiger partial charge in [0.1, 0.15) is 0 Å². The number of unbranched alkanes of at least 4 members (excludes halogenated alkanes) is 1. The lowest BCUT2D eigenvalue weighted by Gasteiger charge is -2.30. The molecule has 108 valence electrons. The molecule has 0 aromatic heterocycles. The van der Waals surface area contributed by atoms with Gasteiger partial charge in [-0.1, -0.05) is 20.3 Å². The molecule has 0 saturated carbocycles. The number of benzene rings is 1. The van der Waals surface area contributed by atoms with Crippen LogP contribution in [0.3, 0.4) is 0 Å². The largest absolute Gasteiger partial charge is 0.329 e. The number of hydrogen-bond donors (Lipinski definition) is 1. The number of likely N-dealkylation sites (N-methyl/N-ethyl adjacent to an activating group) is 1. The Morgan fingerprint density at radius 1 is 1.16 bits per heavy atom. The molecule has 1 atom stereocenters. The van der Waals surface area contributed by atoms with Gasteiger partial charge in [0.15, 0.2) is 17.5 Å². The van der Waals surface area contributed by atoms with E-state index in [9.17, 15) is 13.2 Å². The number of hydrogen-bond acceptors (Lipinski definition) is 2. The highest BCUT2D eigenvalue weighted by Gasteiger charge is 2.21. The van der Waals surface area contributed by atoms with Gasteiger partial charge in [-0.05, 0) is 37.2 Å². The van der Waals surface area contributed by atoms with E-state index in [2.05, 4.69) is 11.8 Å². The minimum absolute atomic E-state index is 0.238. The molecule has 0 aliphatic rings. The molecule has 1 rings (SSSR count). The molecule has 0 bridgehead atoms. The summed E-state index contributed by atoms with van der Waals surface area (Å²) in [5.41, 5.74) is 6.10. The monoisotopic (exact) mass is 274 g/mol. The maximum atomic E-state index is 13.3. The van der Waals surface area contributed by atoms with Crippen LogP contribution in [0.4, 0.5) is 13.2 Å². The Bertz CT molecular complexity index is 387. The first-order valence-electron chi connectivity index (χ1n) is 6.63. The van der Waals surface area contributed by atoms with Crippen molar-refractivity contribution in [3.63, 3.8) is 0 Å². The van der Waals surface area contributed by atoms with Crippen LogP contribution in [0, 0.1) is 17.5 Å². The second kappa shape index (κ2) is 7.50. The molecule has 0 aliphatic heterocycles. The highest BCUT2D eigenvalue weighted by Crippen LogP contribution is 2.23. The van der Waals surface area contributed by atoms with Crippen molar-refractivity contribution < 1.29 is 13.2 Å². The van der Waals surface area contributed by atoms with Crippen LogP contribution in [0.25, 0.3) is 0 Å². The van der Waals surface area contributed by atoms with Gasteiger partial charge in [0.2, 0.25) is 0 Å². The summed E-state index contributed by atoms with van der Waals surface area (Å²) >= 11 is 0. The molecule has 19 heavy (non-hydrogen) atoms. The third kappa shape index (κ3) is 3.94. The quantitative estimate of drug-likeness (QED) is 0.773. The van der Waals surface area contributed by atoms with Gasteiger partial charge in [0.05, 0.1) is 0 Å². The highest BCUT2D eigenvalue weighted by molar-refractivity contribution is 5.23. The van der Waals surface area contributed by atoms with E-state index in [1.165, 1.54) is 0 Å². The summed E-state index contributed by atoms with van der Waals surface area (Å²) < 4.78 is 39.5. The minimum atomic E-state index is -1.43. The third-order valence-corrected chi connectivity index (χ3v) is 3.26. The van der Waals surface area contributed by atoms with E-state index in [4.69, 9.17) is 5.73 Å². The Labute approximate surface area is 112 Å². The smallest absolute Gasteiger partial charge is 0.194 e. The molecule has 0 fully saturated rings. The maximum Gasteiger partial charge on any atom is 0.194 e. The Hall–Kier alpha value is -1.07. The summed E-state index contributed by atoms with van der Waals surface area (Å²) in [4.78, 5) is 2.05. The summed E-state index contributed by atoms with van der Waals surface area (Å²) in [6.07, 6.45) is 2.01. The maximum absolute atomic E-state index is 13.3. The van der Waals surface area contributed by atoms with Gasteiger partial charge in [-0.3, -0.25) is 4.90 Å². The Kier molecular flexibility index (Phi) is 6.31. The summed E-state index contributed by atoms with van der Waals surface area (Å²) in [5.74, 6) is -3.77. The zero-order valence-electron chi connectivity index (χ0n) is 11.4.